The van der Waals surface area contributed by atoms with E-state index in [0.29, 0.717) is 22.8 Å². The Bertz CT molecular complexity index is 1230. The summed E-state index contributed by atoms with van der Waals surface area (Å²) in [5, 5.41) is 12.6. The van der Waals surface area contributed by atoms with Crippen LogP contribution in [0.15, 0.2) is 59.9 Å². The highest BCUT2D eigenvalue weighted by Gasteiger charge is 2.28. The van der Waals surface area contributed by atoms with Crippen LogP contribution in [0.25, 0.3) is 22.2 Å². The lowest BCUT2D eigenvalue weighted by Crippen LogP contribution is -2.50. The number of rotatable bonds is 5. The van der Waals surface area contributed by atoms with Crippen molar-refractivity contribution in [1.29, 1.82) is 0 Å². The van der Waals surface area contributed by atoms with Gasteiger partial charge in [-0.25, -0.2) is 4.98 Å². The van der Waals surface area contributed by atoms with Gasteiger partial charge in [0, 0.05) is 56.8 Å². The summed E-state index contributed by atoms with van der Waals surface area (Å²) in [6, 6.07) is 9.50. The Hall–Kier alpha value is -3.88. The van der Waals surface area contributed by atoms with Gasteiger partial charge >= 0.3 is 0 Å². The summed E-state index contributed by atoms with van der Waals surface area (Å²) < 4.78 is 1.54. The first-order chi connectivity index (χ1) is 14.7. The molecule has 150 valence electrons. The van der Waals surface area contributed by atoms with Crippen molar-refractivity contribution in [2.75, 3.05) is 29.9 Å². The number of nitrogens with one attached hydrogen (secondary N) is 1. The summed E-state index contributed by atoms with van der Waals surface area (Å²) in [5.41, 5.74) is 2.35. The van der Waals surface area contributed by atoms with Crippen LogP contribution < -0.4 is 15.8 Å². The van der Waals surface area contributed by atoms with Crippen LogP contribution in [0.4, 0.5) is 11.8 Å². The SMILES string of the molecule is Cn1c(NCC2CN(c3ccc(-c4ccncc4)nn3)C2)nc2cnccc2c1=O. The zero-order valence-electron chi connectivity index (χ0n) is 16.4. The molecule has 0 unspecified atom stereocenters. The van der Waals surface area contributed by atoms with Gasteiger partial charge in [-0.05, 0) is 30.3 Å². The molecule has 1 saturated heterocycles. The number of pyridine rings is 2. The molecule has 0 saturated carbocycles. The summed E-state index contributed by atoms with van der Waals surface area (Å²) in [6.07, 6.45) is 6.71. The van der Waals surface area contributed by atoms with Crippen molar-refractivity contribution in [3.05, 3.63) is 65.5 Å². The maximum Gasteiger partial charge on any atom is 0.262 e. The molecule has 30 heavy (non-hydrogen) atoms. The molecule has 1 aliphatic rings. The monoisotopic (exact) mass is 400 g/mol. The zero-order valence-corrected chi connectivity index (χ0v) is 16.4. The fourth-order valence-electron chi connectivity index (χ4n) is 3.57. The number of aromatic nitrogens is 6. The molecule has 1 N–H and O–H groups in total. The van der Waals surface area contributed by atoms with Crippen molar-refractivity contribution >= 4 is 22.7 Å². The van der Waals surface area contributed by atoms with E-state index in [-0.39, 0.29) is 5.56 Å². The van der Waals surface area contributed by atoms with Crippen molar-refractivity contribution in [2.45, 2.75) is 0 Å². The molecule has 0 aromatic carbocycles. The maximum atomic E-state index is 12.5. The average molecular weight is 400 g/mol. The van der Waals surface area contributed by atoms with Crippen molar-refractivity contribution in [3.63, 3.8) is 0 Å². The van der Waals surface area contributed by atoms with Crippen LogP contribution in [0.3, 0.4) is 0 Å². The predicted molar refractivity (Wildman–Crippen MR) is 114 cm³/mol. The Kier molecular flexibility index (Phi) is 4.55. The Labute approximate surface area is 172 Å². The van der Waals surface area contributed by atoms with E-state index in [9.17, 15) is 4.79 Å². The standard InChI is InChI=1S/C21H20N8O/c1-28-20(30)16-6-9-23-11-18(16)25-21(28)24-10-14-12-29(13-14)19-3-2-17(26-27-19)15-4-7-22-8-5-15/h2-9,11,14H,10,12-13H2,1H3,(H,24,25). The summed E-state index contributed by atoms with van der Waals surface area (Å²) >= 11 is 0. The fraction of sp³-hybridized carbons (Fsp3) is 0.238. The molecule has 4 aromatic heterocycles. The second-order valence-electron chi connectivity index (χ2n) is 7.36. The molecule has 9 heteroatoms. The Morgan fingerprint density at radius 2 is 1.83 bits per heavy atom. The zero-order chi connectivity index (χ0) is 20.5. The van der Waals surface area contributed by atoms with Crippen LogP contribution in [0, 0.1) is 5.92 Å². The molecule has 5 rings (SSSR count). The highest BCUT2D eigenvalue weighted by atomic mass is 16.1. The molecule has 0 radical (unpaired) electrons. The first-order valence-electron chi connectivity index (χ1n) is 9.73. The minimum atomic E-state index is -0.0790. The van der Waals surface area contributed by atoms with Gasteiger partial charge in [0.05, 0.1) is 22.8 Å². The van der Waals surface area contributed by atoms with Gasteiger partial charge < -0.3 is 10.2 Å². The number of anilines is 2. The molecular formula is C21H20N8O. The highest BCUT2D eigenvalue weighted by molar-refractivity contribution is 5.77. The topological polar surface area (TPSA) is 102 Å². The van der Waals surface area contributed by atoms with Gasteiger partial charge in [-0.3, -0.25) is 19.3 Å². The summed E-state index contributed by atoms with van der Waals surface area (Å²) in [5.74, 6) is 1.86. The van der Waals surface area contributed by atoms with Gasteiger partial charge in [-0.2, -0.15) is 0 Å². The van der Waals surface area contributed by atoms with Gasteiger partial charge in [0.1, 0.15) is 0 Å². The lowest BCUT2D eigenvalue weighted by Gasteiger charge is -2.40. The molecule has 0 spiro atoms. The average Bonchev–Trinajstić information content (AvgIpc) is 2.77. The second kappa shape index (κ2) is 7.51. The normalized spacial score (nSPS) is 14.0. The lowest BCUT2D eigenvalue weighted by molar-refractivity contribution is 0.424. The number of fused-ring (bicyclic) bond motifs is 1. The van der Waals surface area contributed by atoms with Gasteiger partial charge in [-0.15, -0.1) is 10.2 Å². The minimum absolute atomic E-state index is 0.0790. The van der Waals surface area contributed by atoms with Crippen molar-refractivity contribution in [3.8, 4) is 11.3 Å². The molecule has 0 amide bonds. The molecule has 9 nitrogen and oxygen atoms in total. The molecular weight excluding hydrogens is 380 g/mol. The van der Waals surface area contributed by atoms with Gasteiger partial charge in [0.15, 0.2) is 5.82 Å². The quantitative estimate of drug-likeness (QED) is 0.540. The maximum absolute atomic E-state index is 12.5. The minimum Gasteiger partial charge on any atom is -0.355 e. The van der Waals surface area contributed by atoms with E-state index in [1.54, 1.807) is 42.5 Å². The number of nitrogens with zero attached hydrogens (tertiary/aromatic N) is 7. The predicted octanol–water partition coefficient (Wildman–Crippen LogP) is 1.73. The molecule has 5 heterocycles. The third kappa shape index (κ3) is 3.34. The van der Waals surface area contributed by atoms with Crippen molar-refractivity contribution in [2.24, 2.45) is 13.0 Å². The molecule has 4 aromatic rings. The van der Waals surface area contributed by atoms with E-state index in [0.717, 1.165) is 36.7 Å². The molecule has 0 bridgehead atoms. The Morgan fingerprint density at radius 1 is 1.03 bits per heavy atom. The van der Waals surface area contributed by atoms with Crippen LogP contribution in [-0.2, 0) is 7.05 Å². The van der Waals surface area contributed by atoms with Crippen LogP contribution >= 0.6 is 0 Å². The third-order valence-electron chi connectivity index (χ3n) is 5.34. The highest BCUT2D eigenvalue weighted by Crippen LogP contribution is 2.24. The molecule has 0 aliphatic carbocycles. The summed E-state index contributed by atoms with van der Waals surface area (Å²) in [6.45, 7) is 2.48. The second-order valence-corrected chi connectivity index (χ2v) is 7.36. The van der Waals surface area contributed by atoms with E-state index in [1.807, 2.05) is 24.3 Å². The van der Waals surface area contributed by atoms with Gasteiger partial charge in [-0.1, -0.05) is 0 Å². The molecule has 0 atom stereocenters. The fourth-order valence-corrected chi connectivity index (χ4v) is 3.57. The number of hydrogen-bond acceptors (Lipinski definition) is 8. The van der Waals surface area contributed by atoms with Crippen LogP contribution in [-0.4, -0.2) is 49.4 Å². The van der Waals surface area contributed by atoms with Crippen molar-refractivity contribution in [1.82, 2.24) is 29.7 Å². The van der Waals surface area contributed by atoms with Crippen LogP contribution in [0.5, 0.6) is 0 Å². The van der Waals surface area contributed by atoms with E-state index in [4.69, 9.17) is 0 Å². The van der Waals surface area contributed by atoms with Gasteiger partial charge in [0.2, 0.25) is 5.95 Å². The third-order valence-corrected chi connectivity index (χ3v) is 5.34. The molecule has 1 fully saturated rings. The Morgan fingerprint density at radius 3 is 2.60 bits per heavy atom. The largest absolute Gasteiger partial charge is 0.355 e. The van der Waals surface area contributed by atoms with Crippen LogP contribution in [0.2, 0.25) is 0 Å². The number of hydrogen-bond donors (Lipinski definition) is 1. The first kappa shape index (κ1) is 18.2. The molecule has 1 aliphatic heterocycles. The summed E-state index contributed by atoms with van der Waals surface area (Å²) in [7, 11) is 1.73. The van der Waals surface area contributed by atoms with E-state index in [2.05, 4.69) is 35.4 Å². The van der Waals surface area contributed by atoms with E-state index < -0.39 is 0 Å². The first-order valence-corrected chi connectivity index (χ1v) is 9.73. The Balaban J connectivity index is 1.21. The van der Waals surface area contributed by atoms with E-state index in [1.165, 1.54) is 0 Å². The van der Waals surface area contributed by atoms with Gasteiger partial charge in [0.25, 0.3) is 5.56 Å². The smallest absolute Gasteiger partial charge is 0.262 e. The summed E-state index contributed by atoms with van der Waals surface area (Å²) in [4.78, 5) is 27.3. The van der Waals surface area contributed by atoms with E-state index >= 15 is 0 Å². The van der Waals surface area contributed by atoms with Crippen LogP contribution in [0.1, 0.15) is 0 Å². The lowest BCUT2D eigenvalue weighted by atomic mass is 10.0. The van der Waals surface area contributed by atoms with Crippen molar-refractivity contribution < 1.29 is 0 Å².